The van der Waals surface area contributed by atoms with Gasteiger partial charge in [0.1, 0.15) is 0 Å². The molecule has 2 heterocycles. The molecule has 1 aromatic rings. The van der Waals surface area contributed by atoms with Crippen LogP contribution >= 0.6 is 11.3 Å². The van der Waals surface area contributed by atoms with E-state index < -0.39 is 0 Å². The van der Waals surface area contributed by atoms with Gasteiger partial charge in [-0.2, -0.15) is 0 Å². The van der Waals surface area contributed by atoms with Gasteiger partial charge in [0.2, 0.25) is 0 Å². The van der Waals surface area contributed by atoms with Crippen LogP contribution in [0.25, 0.3) is 0 Å². The molecule has 0 spiro atoms. The van der Waals surface area contributed by atoms with Crippen LogP contribution in [0.4, 0.5) is 5.00 Å². The van der Waals surface area contributed by atoms with Gasteiger partial charge in [0.05, 0.1) is 5.00 Å². The fraction of sp³-hybridized carbons (Fsp3) is 0.667. The van der Waals surface area contributed by atoms with Crippen LogP contribution < -0.4 is 11.5 Å². The van der Waals surface area contributed by atoms with Gasteiger partial charge in [0, 0.05) is 16.8 Å². The van der Waals surface area contributed by atoms with Gasteiger partial charge in [0.25, 0.3) is 0 Å². The molecule has 90 valence electrons. The Morgan fingerprint density at radius 2 is 2.06 bits per heavy atom. The van der Waals surface area contributed by atoms with Crippen molar-refractivity contribution in [3.8, 4) is 0 Å². The number of hydrogen-bond acceptors (Lipinski definition) is 4. The van der Waals surface area contributed by atoms with Gasteiger partial charge >= 0.3 is 0 Å². The van der Waals surface area contributed by atoms with Crippen molar-refractivity contribution in [1.82, 2.24) is 4.90 Å². The normalized spacial score (nSPS) is 21.2. The monoisotopic (exact) mass is 239 g/mol. The molecule has 0 radical (unpaired) electrons. The fourth-order valence-electron chi connectivity index (χ4n) is 2.58. The topological polar surface area (TPSA) is 55.3 Å². The van der Waals surface area contributed by atoms with Gasteiger partial charge in [0.15, 0.2) is 0 Å². The third-order valence-corrected chi connectivity index (χ3v) is 4.67. The predicted octanol–water partition coefficient (Wildman–Crippen LogP) is 1.56. The zero-order chi connectivity index (χ0) is 11.8. The van der Waals surface area contributed by atoms with E-state index in [1.807, 2.05) is 0 Å². The molecule has 4 N–H and O–H groups in total. The van der Waals surface area contributed by atoms with Crippen LogP contribution in [0.2, 0.25) is 0 Å². The molecule has 1 saturated heterocycles. The predicted molar refractivity (Wildman–Crippen MR) is 70.9 cm³/mol. The number of anilines is 1. The summed E-state index contributed by atoms with van der Waals surface area (Å²) in [5, 5.41) is 0.965. The molecule has 0 atom stereocenters. The van der Waals surface area contributed by atoms with E-state index in [4.69, 9.17) is 11.5 Å². The van der Waals surface area contributed by atoms with Crippen LogP contribution in [0.15, 0.2) is 6.07 Å². The minimum atomic E-state index is 0.126. The number of piperidine rings is 1. The number of aryl methyl sites for hydroxylation is 1. The van der Waals surface area contributed by atoms with E-state index in [0.29, 0.717) is 6.54 Å². The number of nitrogens with two attached hydrogens (primary N) is 2. The highest BCUT2D eigenvalue weighted by Crippen LogP contribution is 2.40. The average molecular weight is 239 g/mol. The average Bonchev–Trinajstić information content (AvgIpc) is 2.60. The highest BCUT2D eigenvalue weighted by molar-refractivity contribution is 7.16. The summed E-state index contributed by atoms with van der Waals surface area (Å²) < 4.78 is 0. The number of thiophene rings is 1. The summed E-state index contributed by atoms with van der Waals surface area (Å²) in [6.07, 6.45) is 2.25. The SMILES string of the molecule is Cc1cc(C2(CN)CCN(C)CC2)c(N)s1. The largest absolute Gasteiger partial charge is 0.390 e. The Morgan fingerprint density at radius 1 is 1.44 bits per heavy atom. The maximum atomic E-state index is 6.12. The second-order valence-electron chi connectivity index (χ2n) is 4.92. The van der Waals surface area contributed by atoms with Crippen molar-refractivity contribution in [3.05, 3.63) is 16.5 Å². The van der Waals surface area contributed by atoms with Crippen molar-refractivity contribution < 1.29 is 0 Å². The molecule has 2 rings (SSSR count). The van der Waals surface area contributed by atoms with Gasteiger partial charge in [-0.1, -0.05) is 0 Å². The number of nitrogens with zero attached hydrogens (tertiary/aromatic N) is 1. The van der Waals surface area contributed by atoms with E-state index >= 15 is 0 Å². The minimum Gasteiger partial charge on any atom is -0.390 e. The quantitative estimate of drug-likeness (QED) is 0.823. The Bertz CT molecular complexity index is 364. The van der Waals surface area contributed by atoms with Crippen molar-refractivity contribution in [1.29, 1.82) is 0 Å². The molecule has 0 bridgehead atoms. The van der Waals surface area contributed by atoms with Crippen LogP contribution in [0, 0.1) is 6.92 Å². The molecular formula is C12H21N3S. The summed E-state index contributed by atoms with van der Waals surface area (Å²) in [5.41, 5.74) is 13.6. The molecule has 1 aliphatic rings. The Hall–Kier alpha value is -0.580. The molecule has 0 aromatic carbocycles. The first-order chi connectivity index (χ1) is 7.57. The fourth-order valence-corrected chi connectivity index (χ4v) is 3.49. The van der Waals surface area contributed by atoms with Gasteiger partial charge in [-0.05, 0) is 51.5 Å². The molecule has 4 heteroatoms. The smallest absolute Gasteiger partial charge is 0.0897 e. The lowest BCUT2D eigenvalue weighted by atomic mass is 9.73. The first-order valence-electron chi connectivity index (χ1n) is 5.82. The first kappa shape index (κ1) is 11.9. The van der Waals surface area contributed by atoms with Crippen LogP contribution in [-0.2, 0) is 5.41 Å². The lowest BCUT2D eigenvalue weighted by molar-refractivity contribution is 0.192. The van der Waals surface area contributed by atoms with Gasteiger partial charge in [-0.3, -0.25) is 0 Å². The highest BCUT2D eigenvalue weighted by atomic mass is 32.1. The third kappa shape index (κ3) is 1.97. The molecule has 0 unspecified atom stereocenters. The summed E-state index contributed by atoms with van der Waals surface area (Å²) in [5.74, 6) is 0. The number of likely N-dealkylation sites (tertiary alicyclic amines) is 1. The second-order valence-corrected chi connectivity index (χ2v) is 6.21. The molecule has 1 aliphatic heterocycles. The molecule has 0 aliphatic carbocycles. The number of rotatable bonds is 2. The third-order valence-electron chi connectivity index (χ3n) is 3.79. The van der Waals surface area contributed by atoms with Crippen molar-refractivity contribution in [3.63, 3.8) is 0 Å². The van der Waals surface area contributed by atoms with Crippen molar-refractivity contribution in [2.75, 3.05) is 32.4 Å². The first-order valence-corrected chi connectivity index (χ1v) is 6.64. The summed E-state index contributed by atoms with van der Waals surface area (Å²) >= 11 is 1.69. The lowest BCUT2D eigenvalue weighted by Gasteiger charge is -2.40. The van der Waals surface area contributed by atoms with E-state index in [-0.39, 0.29) is 5.41 Å². The highest BCUT2D eigenvalue weighted by Gasteiger charge is 2.36. The molecule has 1 fully saturated rings. The summed E-state index contributed by atoms with van der Waals surface area (Å²) in [6.45, 7) is 5.06. The number of hydrogen-bond donors (Lipinski definition) is 2. The van der Waals surface area contributed by atoms with E-state index in [1.165, 1.54) is 10.4 Å². The summed E-state index contributed by atoms with van der Waals surface area (Å²) in [6, 6.07) is 2.23. The van der Waals surface area contributed by atoms with E-state index in [2.05, 4.69) is 24.9 Å². The maximum Gasteiger partial charge on any atom is 0.0897 e. The van der Waals surface area contributed by atoms with Gasteiger partial charge in [-0.15, -0.1) is 11.3 Å². The van der Waals surface area contributed by atoms with Gasteiger partial charge < -0.3 is 16.4 Å². The Labute approximate surface area is 101 Å². The summed E-state index contributed by atoms with van der Waals surface area (Å²) in [7, 11) is 2.17. The molecule has 0 amide bonds. The number of nitrogen functional groups attached to an aromatic ring is 1. The van der Waals surface area contributed by atoms with E-state index in [9.17, 15) is 0 Å². The molecule has 16 heavy (non-hydrogen) atoms. The van der Waals surface area contributed by atoms with Crippen molar-refractivity contribution in [2.45, 2.75) is 25.2 Å². The van der Waals surface area contributed by atoms with Crippen LogP contribution in [0.1, 0.15) is 23.3 Å². The van der Waals surface area contributed by atoms with Crippen molar-refractivity contribution in [2.24, 2.45) is 5.73 Å². The van der Waals surface area contributed by atoms with E-state index in [0.717, 1.165) is 30.9 Å². The zero-order valence-electron chi connectivity index (χ0n) is 10.1. The molecule has 3 nitrogen and oxygen atoms in total. The molecule has 1 aromatic heterocycles. The van der Waals surface area contributed by atoms with Crippen molar-refractivity contribution >= 4 is 16.3 Å². The van der Waals surface area contributed by atoms with Crippen LogP contribution in [0.3, 0.4) is 0 Å². The molecular weight excluding hydrogens is 218 g/mol. The van der Waals surface area contributed by atoms with Crippen LogP contribution in [-0.4, -0.2) is 31.6 Å². The minimum absolute atomic E-state index is 0.126. The van der Waals surface area contributed by atoms with Crippen LogP contribution in [0.5, 0.6) is 0 Å². The maximum absolute atomic E-state index is 6.12. The second kappa shape index (κ2) is 4.35. The lowest BCUT2D eigenvalue weighted by Crippen LogP contribution is -2.45. The standard InChI is InChI=1S/C12H21N3S/c1-9-7-10(11(14)16-9)12(8-13)3-5-15(2)6-4-12/h7H,3-6,8,13-14H2,1-2H3. The Morgan fingerprint density at radius 3 is 2.50 bits per heavy atom. The molecule has 0 saturated carbocycles. The Kier molecular flexibility index (Phi) is 3.24. The Balaban J connectivity index is 2.31. The zero-order valence-corrected chi connectivity index (χ0v) is 10.9. The van der Waals surface area contributed by atoms with E-state index in [1.54, 1.807) is 11.3 Å². The van der Waals surface area contributed by atoms with Gasteiger partial charge in [-0.25, -0.2) is 0 Å². The summed E-state index contributed by atoms with van der Waals surface area (Å²) in [4.78, 5) is 3.66.